The molecule has 0 aliphatic carbocycles. The number of carbonyl (C=O) groups is 2. The van der Waals surface area contributed by atoms with E-state index in [9.17, 15) is 9.59 Å². The van der Waals surface area contributed by atoms with Gasteiger partial charge < -0.3 is 19.9 Å². The smallest absolute Gasteiger partial charge is 0.274 e. The van der Waals surface area contributed by atoms with Crippen molar-refractivity contribution in [3.05, 3.63) is 65.9 Å². The predicted octanol–water partition coefficient (Wildman–Crippen LogP) is 3.38. The Morgan fingerprint density at radius 2 is 2.03 bits per heavy atom. The van der Waals surface area contributed by atoms with Crippen LogP contribution >= 0.6 is 0 Å². The summed E-state index contributed by atoms with van der Waals surface area (Å²) < 4.78 is 12.4. The number of rotatable bonds is 7. The number of pyridine rings is 1. The molecular formula is C25H26N6O4. The van der Waals surface area contributed by atoms with Gasteiger partial charge in [-0.05, 0) is 49.4 Å². The predicted molar refractivity (Wildman–Crippen MR) is 128 cm³/mol. The Labute approximate surface area is 201 Å². The van der Waals surface area contributed by atoms with Gasteiger partial charge in [0.15, 0.2) is 0 Å². The maximum Gasteiger partial charge on any atom is 0.274 e. The van der Waals surface area contributed by atoms with Crippen molar-refractivity contribution in [2.45, 2.75) is 32.7 Å². The maximum absolute atomic E-state index is 12.9. The number of imidazole rings is 1. The van der Waals surface area contributed by atoms with Crippen LogP contribution in [0.15, 0.2) is 53.3 Å². The van der Waals surface area contributed by atoms with Crippen molar-refractivity contribution in [1.29, 1.82) is 0 Å². The first-order chi connectivity index (χ1) is 17.1. The molecule has 35 heavy (non-hydrogen) atoms. The number of aryl methyl sites for hydroxylation is 1. The van der Waals surface area contributed by atoms with E-state index in [2.05, 4.69) is 25.8 Å². The number of benzene rings is 1. The van der Waals surface area contributed by atoms with Gasteiger partial charge in [0.2, 0.25) is 17.6 Å². The van der Waals surface area contributed by atoms with Crippen LogP contribution in [-0.2, 0) is 16.1 Å². The standard InChI is InChI=1S/C25H26N6O4/c1-16-5-6-18(13-19(16)28-25(33)20-14-26-21-4-2-3-9-31(20)21)24-29-23(35-30-24)15-27-22(32)12-17-7-10-34-11-8-17/h2-6,9,13-14,17H,7-8,10-12,15H2,1H3,(H,27,32)(H,28,33). The summed E-state index contributed by atoms with van der Waals surface area (Å²) in [6.07, 6.45) is 5.62. The molecule has 0 spiro atoms. The number of fused-ring (bicyclic) bond motifs is 1. The Kier molecular flexibility index (Phi) is 6.53. The minimum Gasteiger partial charge on any atom is -0.381 e. The zero-order valence-electron chi connectivity index (χ0n) is 19.4. The van der Waals surface area contributed by atoms with Gasteiger partial charge in [0, 0.05) is 37.1 Å². The average molecular weight is 475 g/mol. The van der Waals surface area contributed by atoms with E-state index in [-0.39, 0.29) is 18.4 Å². The average Bonchev–Trinajstić information content (AvgIpc) is 3.52. The fourth-order valence-electron chi connectivity index (χ4n) is 4.09. The number of carbonyl (C=O) groups excluding carboxylic acids is 2. The van der Waals surface area contributed by atoms with Crippen LogP contribution in [0.1, 0.15) is 41.2 Å². The summed E-state index contributed by atoms with van der Waals surface area (Å²) in [5.74, 6) is 0.735. The van der Waals surface area contributed by atoms with E-state index in [0.717, 1.165) is 18.4 Å². The zero-order chi connectivity index (χ0) is 24.2. The molecule has 1 aliphatic rings. The Balaban J connectivity index is 1.24. The van der Waals surface area contributed by atoms with Gasteiger partial charge in [0.05, 0.1) is 12.7 Å². The SMILES string of the molecule is Cc1ccc(-c2noc(CNC(=O)CC3CCOCC3)n2)cc1NC(=O)c1cnc2ccccn12. The van der Waals surface area contributed by atoms with Crippen LogP contribution in [0.2, 0.25) is 0 Å². The van der Waals surface area contributed by atoms with Crippen LogP contribution in [0.25, 0.3) is 17.0 Å². The third-order valence-corrected chi connectivity index (χ3v) is 6.11. The zero-order valence-corrected chi connectivity index (χ0v) is 19.4. The first-order valence-electron chi connectivity index (χ1n) is 11.6. The maximum atomic E-state index is 12.9. The first-order valence-corrected chi connectivity index (χ1v) is 11.6. The molecular weight excluding hydrogens is 448 g/mol. The molecule has 0 bridgehead atoms. The molecule has 0 unspecified atom stereocenters. The van der Waals surface area contributed by atoms with E-state index in [4.69, 9.17) is 9.26 Å². The minimum absolute atomic E-state index is 0.0376. The number of nitrogens with zero attached hydrogens (tertiary/aromatic N) is 4. The van der Waals surface area contributed by atoms with Gasteiger partial charge in [0.25, 0.3) is 5.91 Å². The summed E-state index contributed by atoms with van der Waals surface area (Å²) in [7, 11) is 0. The highest BCUT2D eigenvalue weighted by Gasteiger charge is 2.19. The lowest BCUT2D eigenvalue weighted by Crippen LogP contribution is -2.27. The Morgan fingerprint density at radius 3 is 2.89 bits per heavy atom. The third-order valence-electron chi connectivity index (χ3n) is 6.11. The van der Waals surface area contributed by atoms with Crippen molar-refractivity contribution in [3.63, 3.8) is 0 Å². The first kappa shape index (κ1) is 22.7. The minimum atomic E-state index is -0.273. The largest absolute Gasteiger partial charge is 0.381 e. The molecule has 180 valence electrons. The summed E-state index contributed by atoms with van der Waals surface area (Å²) in [5, 5.41) is 9.84. The summed E-state index contributed by atoms with van der Waals surface area (Å²) in [5.41, 5.74) is 3.34. The van der Waals surface area contributed by atoms with E-state index in [1.807, 2.05) is 37.3 Å². The van der Waals surface area contributed by atoms with Crippen molar-refractivity contribution in [2.24, 2.45) is 5.92 Å². The van der Waals surface area contributed by atoms with Crippen molar-refractivity contribution in [3.8, 4) is 11.4 Å². The second kappa shape index (κ2) is 10.1. The van der Waals surface area contributed by atoms with Crippen LogP contribution in [-0.4, -0.2) is 44.6 Å². The number of hydrogen-bond donors (Lipinski definition) is 2. The van der Waals surface area contributed by atoms with E-state index < -0.39 is 0 Å². The molecule has 2 N–H and O–H groups in total. The fourth-order valence-corrected chi connectivity index (χ4v) is 4.09. The number of ether oxygens (including phenoxy) is 1. The number of aromatic nitrogens is 4. The molecule has 4 aromatic rings. The molecule has 5 rings (SSSR count). The van der Waals surface area contributed by atoms with Gasteiger partial charge in [0.1, 0.15) is 11.3 Å². The van der Waals surface area contributed by atoms with Gasteiger partial charge in [-0.25, -0.2) is 4.98 Å². The summed E-state index contributed by atoms with van der Waals surface area (Å²) in [6.45, 7) is 3.49. The Morgan fingerprint density at radius 1 is 1.17 bits per heavy atom. The van der Waals surface area contributed by atoms with Crippen molar-refractivity contribution < 1.29 is 18.8 Å². The molecule has 0 radical (unpaired) electrons. The molecule has 1 saturated heterocycles. The van der Waals surface area contributed by atoms with Crippen molar-refractivity contribution >= 4 is 23.1 Å². The topological polar surface area (TPSA) is 124 Å². The van der Waals surface area contributed by atoms with E-state index in [0.29, 0.717) is 59.9 Å². The third kappa shape index (κ3) is 5.22. The number of hydrogen-bond acceptors (Lipinski definition) is 7. The molecule has 3 aromatic heterocycles. The molecule has 10 heteroatoms. The summed E-state index contributed by atoms with van der Waals surface area (Å²) in [4.78, 5) is 33.8. The van der Waals surface area contributed by atoms with Crippen LogP contribution in [0.3, 0.4) is 0 Å². The Bertz CT molecular complexity index is 1360. The molecule has 2 amide bonds. The highest BCUT2D eigenvalue weighted by atomic mass is 16.5. The molecule has 0 saturated carbocycles. The number of anilines is 1. The number of nitrogens with one attached hydrogen (secondary N) is 2. The van der Waals surface area contributed by atoms with E-state index >= 15 is 0 Å². The van der Waals surface area contributed by atoms with E-state index in [1.165, 1.54) is 0 Å². The number of amides is 2. The van der Waals surface area contributed by atoms with E-state index in [1.54, 1.807) is 22.9 Å². The molecule has 1 aliphatic heterocycles. The normalized spacial score (nSPS) is 14.2. The summed E-state index contributed by atoms with van der Waals surface area (Å²) in [6, 6.07) is 11.1. The molecule has 10 nitrogen and oxygen atoms in total. The lowest BCUT2D eigenvalue weighted by atomic mass is 9.96. The van der Waals surface area contributed by atoms with Gasteiger partial charge >= 0.3 is 0 Å². The lowest BCUT2D eigenvalue weighted by Gasteiger charge is -2.21. The molecule has 0 atom stereocenters. The second-order valence-electron chi connectivity index (χ2n) is 8.60. The van der Waals surface area contributed by atoms with Gasteiger partial charge in [-0.1, -0.05) is 23.4 Å². The van der Waals surface area contributed by atoms with Crippen molar-refractivity contribution in [2.75, 3.05) is 18.5 Å². The van der Waals surface area contributed by atoms with Gasteiger partial charge in [-0.2, -0.15) is 4.98 Å². The van der Waals surface area contributed by atoms with Crippen LogP contribution in [0.5, 0.6) is 0 Å². The lowest BCUT2D eigenvalue weighted by molar-refractivity contribution is -0.123. The molecule has 1 fully saturated rings. The van der Waals surface area contributed by atoms with Gasteiger partial charge in [-0.15, -0.1) is 0 Å². The quantitative estimate of drug-likeness (QED) is 0.421. The highest BCUT2D eigenvalue weighted by molar-refractivity contribution is 6.04. The summed E-state index contributed by atoms with van der Waals surface area (Å²) >= 11 is 0. The monoisotopic (exact) mass is 474 g/mol. The molecule has 4 heterocycles. The van der Waals surface area contributed by atoms with Crippen molar-refractivity contribution in [1.82, 2.24) is 24.8 Å². The van der Waals surface area contributed by atoms with Crippen LogP contribution in [0, 0.1) is 12.8 Å². The second-order valence-corrected chi connectivity index (χ2v) is 8.60. The fraction of sp³-hybridized carbons (Fsp3) is 0.320. The van der Waals surface area contributed by atoms with Crippen LogP contribution in [0.4, 0.5) is 5.69 Å². The van der Waals surface area contributed by atoms with Crippen LogP contribution < -0.4 is 10.6 Å². The molecule has 1 aromatic carbocycles. The van der Waals surface area contributed by atoms with Gasteiger partial charge in [-0.3, -0.25) is 14.0 Å². The highest BCUT2D eigenvalue weighted by Crippen LogP contribution is 2.24. The Hall–Kier alpha value is -4.05.